The number of tetrazole rings is 1. The second kappa shape index (κ2) is 6.02. The maximum atomic E-state index is 4.25. The molecular weight excluding hydrogens is 278 g/mol. The number of piperazine rings is 1. The first-order valence-electron chi connectivity index (χ1n) is 7.95. The van der Waals surface area contributed by atoms with Crippen LogP contribution in [0.5, 0.6) is 0 Å². The van der Waals surface area contributed by atoms with E-state index >= 15 is 0 Å². The second-order valence-corrected chi connectivity index (χ2v) is 5.90. The summed E-state index contributed by atoms with van der Waals surface area (Å²) in [5.41, 5.74) is 1.01. The van der Waals surface area contributed by atoms with Gasteiger partial charge in [-0.2, -0.15) is 4.68 Å². The molecular formula is C15H21N7. The van der Waals surface area contributed by atoms with Crippen LogP contribution in [0.15, 0.2) is 30.3 Å². The summed E-state index contributed by atoms with van der Waals surface area (Å²) in [6, 6.07) is 10.7. The molecule has 116 valence electrons. The van der Waals surface area contributed by atoms with Crippen molar-refractivity contribution in [3.8, 4) is 5.69 Å². The first-order chi connectivity index (χ1) is 10.9. The summed E-state index contributed by atoms with van der Waals surface area (Å²) < 4.78 is 1.83. The van der Waals surface area contributed by atoms with Crippen LogP contribution in [0.4, 0.5) is 5.95 Å². The Labute approximate surface area is 129 Å². The molecule has 4 rings (SSSR count). The third kappa shape index (κ3) is 2.57. The summed E-state index contributed by atoms with van der Waals surface area (Å²) in [6.45, 7) is 6.50. The maximum Gasteiger partial charge on any atom is 0.250 e. The molecule has 3 heterocycles. The van der Waals surface area contributed by atoms with Gasteiger partial charge in [-0.05, 0) is 29.0 Å². The minimum Gasteiger partial charge on any atom is -0.338 e. The number of para-hydroxylation sites is 1. The van der Waals surface area contributed by atoms with Crippen molar-refractivity contribution in [2.24, 2.45) is 0 Å². The van der Waals surface area contributed by atoms with Gasteiger partial charge in [0.05, 0.1) is 5.69 Å². The molecule has 1 N–H and O–H groups in total. The molecule has 2 aromatic rings. The predicted molar refractivity (Wildman–Crippen MR) is 84.2 cm³/mol. The Morgan fingerprint density at radius 2 is 1.86 bits per heavy atom. The molecule has 22 heavy (non-hydrogen) atoms. The Kier molecular flexibility index (Phi) is 3.74. The number of hydrogen-bond acceptors (Lipinski definition) is 6. The van der Waals surface area contributed by atoms with E-state index in [1.165, 1.54) is 6.42 Å². The van der Waals surface area contributed by atoms with E-state index in [0.717, 1.165) is 50.9 Å². The van der Waals surface area contributed by atoms with Gasteiger partial charge in [0, 0.05) is 45.3 Å². The minimum atomic E-state index is 0.614. The maximum absolute atomic E-state index is 4.25. The van der Waals surface area contributed by atoms with Crippen LogP contribution < -0.4 is 10.2 Å². The summed E-state index contributed by atoms with van der Waals surface area (Å²) in [6.07, 6.45) is 1.18. The average Bonchev–Trinajstić information content (AvgIpc) is 3.25. The molecule has 2 aliphatic heterocycles. The zero-order chi connectivity index (χ0) is 14.8. The van der Waals surface area contributed by atoms with Crippen molar-refractivity contribution < 1.29 is 0 Å². The van der Waals surface area contributed by atoms with Crippen LogP contribution in [0.1, 0.15) is 6.42 Å². The fourth-order valence-electron chi connectivity index (χ4n) is 3.38. The summed E-state index contributed by atoms with van der Waals surface area (Å²) >= 11 is 0. The van der Waals surface area contributed by atoms with Gasteiger partial charge in [0.2, 0.25) is 5.95 Å². The molecule has 0 saturated carbocycles. The topological polar surface area (TPSA) is 62.1 Å². The minimum absolute atomic E-state index is 0.614. The standard InChI is InChI=1S/C15H21N7/c1-2-4-13(5-3-1)22-15(17-18-19-22)21-9-6-14(12-21)20-10-7-16-8-11-20/h1-5,14,16H,6-12H2. The van der Waals surface area contributed by atoms with Crippen molar-refractivity contribution in [1.82, 2.24) is 30.4 Å². The lowest BCUT2D eigenvalue weighted by atomic mass is 10.2. The Bertz CT molecular complexity index is 605. The Morgan fingerprint density at radius 1 is 1.05 bits per heavy atom. The van der Waals surface area contributed by atoms with Gasteiger partial charge in [-0.3, -0.25) is 4.90 Å². The van der Waals surface area contributed by atoms with E-state index in [2.05, 4.69) is 30.6 Å². The zero-order valence-corrected chi connectivity index (χ0v) is 12.6. The number of nitrogens with one attached hydrogen (secondary N) is 1. The highest BCUT2D eigenvalue weighted by atomic mass is 15.6. The molecule has 7 heteroatoms. The molecule has 1 unspecified atom stereocenters. The van der Waals surface area contributed by atoms with Gasteiger partial charge < -0.3 is 10.2 Å². The Balaban J connectivity index is 1.51. The van der Waals surface area contributed by atoms with Crippen molar-refractivity contribution in [1.29, 1.82) is 0 Å². The SMILES string of the molecule is c1ccc(-n2nnnc2N2CCC(N3CCNCC3)C2)cc1. The lowest BCUT2D eigenvalue weighted by Crippen LogP contribution is -2.49. The molecule has 2 fully saturated rings. The van der Waals surface area contributed by atoms with Crippen molar-refractivity contribution in [2.45, 2.75) is 12.5 Å². The summed E-state index contributed by atoms with van der Waals surface area (Å²) in [4.78, 5) is 4.90. The monoisotopic (exact) mass is 299 g/mol. The van der Waals surface area contributed by atoms with Crippen LogP contribution in [0.3, 0.4) is 0 Å². The number of aromatic nitrogens is 4. The van der Waals surface area contributed by atoms with Crippen LogP contribution in [0, 0.1) is 0 Å². The summed E-state index contributed by atoms with van der Waals surface area (Å²) in [7, 11) is 0. The largest absolute Gasteiger partial charge is 0.338 e. The molecule has 2 saturated heterocycles. The molecule has 0 radical (unpaired) electrons. The summed E-state index contributed by atoms with van der Waals surface area (Å²) in [5, 5.41) is 15.7. The first-order valence-corrected chi connectivity index (χ1v) is 7.95. The highest BCUT2D eigenvalue weighted by Crippen LogP contribution is 2.23. The fraction of sp³-hybridized carbons (Fsp3) is 0.533. The fourth-order valence-corrected chi connectivity index (χ4v) is 3.38. The first kappa shape index (κ1) is 13.7. The Hall–Kier alpha value is -1.99. The van der Waals surface area contributed by atoms with Crippen LogP contribution in [0.25, 0.3) is 5.69 Å². The van der Waals surface area contributed by atoms with Gasteiger partial charge in [0.1, 0.15) is 0 Å². The van der Waals surface area contributed by atoms with Crippen LogP contribution in [-0.2, 0) is 0 Å². The highest BCUT2D eigenvalue weighted by Gasteiger charge is 2.31. The van der Waals surface area contributed by atoms with Gasteiger partial charge in [-0.15, -0.1) is 0 Å². The van der Waals surface area contributed by atoms with Crippen molar-refractivity contribution >= 4 is 5.95 Å². The average molecular weight is 299 g/mol. The van der Waals surface area contributed by atoms with Gasteiger partial charge in [-0.25, -0.2) is 0 Å². The van der Waals surface area contributed by atoms with E-state index < -0.39 is 0 Å². The molecule has 1 atom stereocenters. The lowest BCUT2D eigenvalue weighted by molar-refractivity contribution is 0.185. The summed E-state index contributed by atoms with van der Waals surface area (Å²) in [5.74, 6) is 0.851. The normalized spacial score (nSPS) is 23.1. The molecule has 0 bridgehead atoms. The molecule has 1 aromatic carbocycles. The highest BCUT2D eigenvalue weighted by molar-refractivity contribution is 5.41. The molecule has 2 aliphatic rings. The number of rotatable bonds is 3. The van der Waals surface area contributed by atoms with E-state index in [1.54, 1.807) is 0 Å². The second-order valence-electron chi connectivity index (χ2n) is 5.90. The number of anilines is 1. The van der Waals surface area contributed by atoms with Crippen LogP contribution >= 0.6 is 0 Å². The number of hydrogen-bond donors (Lipinski definition) is 1. The quantitative estimate of drug-likeness (QED) is 0.870. The third-order valence-corrected chi connectivity index (χ3v) is 4.57. The molecule has 0 aliphatic carbocycles. The zero-order valence-electron chi connectivity index (χ0n) is 12.6. The van der Waals surface area contributed by atoms with Gasteiger partial charge in [0.15, 0.2) is 0 Å². The molecule has 7 nitrogen and oxygen atoms in total. The van der Waals surface area contributed by atoms with E-state index in [-0.39, 0.29) is 0 Å². The molecule has 0 amide bonds. The lowest BCUT2D eigenvalue weighted by Gasteiger charge is -2.32. The smallest absolute Gasteiger partial charge is 0.250 e. The van der Waals surface area contributed by atoms with Crippen molar-refractivity contribution in [3.63, 3.8) is 0 Å². The van der Waals surface area contributed by atoms with Crippen LogP contribution in [-0.4, -0.2) is 70.4 Å². The van der Waals surface area contributed by atoms with Crippen molar-refractivity contribution in [3.05, 3.63) is 30.3 Å². The van der Waals surface area contributed by atoms with Crippen LogP contribution in [0.2, 0.25) is 0 Å². The van der Waals surface area contributed by atoms with E-state index in [1.807, 2.05) is 35.0 Å². The van der Waals surface area contributed by atoms with Gasteiger partial charge >= 0.3 is 0 Å². The number of benzene rings is 1. The van der Waals surface area contributed by atoms with E-state index in [9.17, 15) is 0 Å². The van der Waals surface area contributed by atoms with Crippen molar-refractivity contribution in [2.75, 3.05) is 44.2 Å². The van der Waals surface area contributed by atoms with Gasteiger partial charge in [0.25, 0.3) is 0 Å². The third-order valence-electron chi connectivity index (χ3n) is 4.57. The van der Waals surface area contributed by atoms with Gasteiger partial charge in [-0.1, -0.05) is 23.3 Å². The Morgan fingerprint density at radius 3 is 2.68 bits per heavy atom. The van der Waals surface area contributed by atoms with E-state index in [0.29, 0.717) is 6.04 Å². The molecule has 0 spiro atoms. The van der Waals surface area contributed by atoms with E-state index in [4.69, 9.17) is 0 Å². The molecule has 1 aromatic heterocycles. The number of nitrogens with zero attached hydrogens (tertiary/aromatic N) is 6. The predicted octanol–water partition coefficient (Wildman–Crippen LogP) is 0.146.